The minimum Gasteiger partial charge on any atom is -0.464 e. The van der Waals surface area contributed by atoms with E-state index < -0.39 is 0 Å². The standard InChI is InChI=1S/C19H20N4O2/c1-11-5-17(25-10-11)12-3-4-15-16(6-12)20-21-18(15)19(24)23-9-13-7-14(23)8-22(13)2/h3-6,10,13-14H,7-9H2,1-2H3,(H,20,21)/t13-,14-/m0/s1. The van der Waals surface area contributed by atoms with Gasteiger partial charge in [-0.3, -0.25) is 14.8 Å². The Balaban J connectivity index is 1.47. The molecule has 1 amide bonds. The first-order chi connectivity index (χ1) is 12.1. The maximum Gasteiger partial charge on any atom is 0.275 e. The van der Waals surface area contributed by atoms with Gasteiger partial charge in [-0.25, -0.2) is 0 Å². The topological polar surface area (TPSA) is 65.4 Å². The summed E-state index contributed by atoms with van der Waals surface area (Å²) in [4.78, 5) is 17.3. The first kappa shape index (κ1) is 14.7. The van der Waals surface area contributed by atoms with Crippen LogP contribution in [0.2, 0.25) is 0 Å². The molecule has 4 heterocycles. The van der Waals surface area contributed by atoms with Gasteiger partial charge >= 0.3 is 0 Å². The molecule has 2 bridgehead atoms. The van der Waals surface area contributed by atoms with Gasteiger partial charge in [0.05, 0.1) is 11.8 Å². The lowest BCUT2D eigenvalue weighted by molar-refractivity contribution is 0.0646. The van der Waals surface area contributed by atoms with Crippen molar-refractivity contribution in [3.63, 3.8) is 0 Å². The third-order valence-electron chi connectivity index (χ3n) is 5.56. The Hall–Kier alpha value is -2.60. The number of rotatable bonds is 2. The third-order valence-corrected chi connectivity index (χ3v) is 5.56. The largest absolute Gasteiger partial charge is 0.464 e. The molecule has 2 atom stereocenters. The van der Waals surface area contributed by atoms with Gasteiger partial charge in [0.15, 0.2) is 5.69 Å². The number of nitrogens with zero attached hydrogens (tertiary/aromatic N) is 3. The predicted molar refractivity (Wildman–Crippen MR) is 94.4 cm³/mol. The van der Waals surface area contributed by atoms with E-state index in [0.717, 1.165) is 47.3 Å². The van der Waals surface area contributed by atoms with Crippen molar-refractivity contribution in [1.29, 1.82) is 0 Å². The fourth-order valence-corrected chi connectivity index (χ4v) is 4.17. The predicted octanol–water partition coefficient (Wildman–Crippen LogP) is 2.66. The molecule has 6 heteroatoms. The van der Waals surface area contributed by atoms with Gasteiger partial charge in [-0.1, -0.05) is 6.07 Å². The maximum absolute atomic E-state index is 13.0. The number of likely N-dealkylation sites (N-methyl/N-ethyl adjacent to an activating group) is 1. The van der Waals surface area contributed by atoms with Gasteiger partial charge < -0.3 is 9.32 Å². The summed E-state index contributed by atoms with van der Waals surface area (Å²) in [7, 11) is 2.13. The zero-order valence-electron chi connectivity index (χ0n) is 14.3. The molecule has 0 unspecified atom stereocenters. The Bertz CT molecular complexity index is 971. The lowest BCUT2D eigenvalue weighted by atomic mass is 10.1. The molecule has 2 aliphatic heterocycles. The van der Waals surface area contributed by atoms with E-state index in [4.69, 9.17) is 4.42 Å². The summed E-state index contributed by atoms with van der Waals surface area (Å²) in [5, 5.41) is 8.20. The molecule has 2 aromatic heterocycles. The highest BCUT2D eigenvalue weighted by molar-refractivity contribution is 6.05. The van der Waals surface area contributed by atoms with Crippen LogP contribution in [-0.4, -0.2) is 58.1 Å². The van der Waals surface area contributed by atoms with E-state index in [-0.39, 0.29) is 5.91 Å². The van der Waals surface area contributed by atoms with Crippen LogP contribution in [0.25, 0.3) is 22.2 Å². The molecule has 1 N–H and O–H groups in total. The summed E-state index contributed by atoms with van der Waals surface area (Å²) in [5.41, 5.74) is 3.44. The number of hydrogen-bond donors (Lipinski definition) is 1. The Morgan fingerprint density at radius 3 is 2.84 bits per heavy atom. The van der Waals surface area contributed by atoms with Crippen LogP contribution >= 0.6 is 0 Å². The molecule has 2 aliphatic rings. The number of furan rings is 1. The van der Waals surface area contributed by atoms with Crippen molar-refractivity contribution in [1.82, 2.24) is 20.0 Å². The van der Waals surface area contributed by atoms with Gasteiger partial charge in [-0.2, -0.15) is 5.10 Å². The van der Waals surface area contributed by atoms with E-state index in [0.29, 0.717) is 17.8 Å². The second-order valence-electron chi connectivity index (χ2n) is 7.26. The van der Waals surface area contributed by atoms with Crippen molar-refractivity contribution >= 4 is 16.8 Å². The van der Waals surface area contributed by atoms with Crippen molar-refractivity contribution < 1.29 is 9.21 Å². The summed E-state index contributed by atoms with van der Waals surface area (Å²) in [5.74, 6) is 0.857. The van der Waals surface area contributed by atoms with Crippen LogP contribution in [0.4, 0.5) is 0 Å². The number of piperazine rings is 1. The summed E-state index contributed by atoms with van der Waals surface area (Å²) in [6.45, 7) is 3.76. The van der Waals surface area contributed by atoms with E-state index in [2.05, 4.69) is 22.1 Å². The average molecular weight is 336 g/mol. The minimum atomic E-state index is 0.0356. The molecule has 5 rings (SSSR count). The van der Waals surface area contributed by atoms with Gasteiger partial charge in [0.25, 0.3) is 5.91 Å². The Morgan fingerprint density at radius 1 is 1.28 bits per heavy atom. The molecule has 0 spiro atoms. The molecule has 0 saturated carbocycles. The summed E-state index contributed by atoms with van der Waals surface area (Å²) < 4.78 is 5.56. The lowest BCUT2D eigenvalue weighted by Gasteiger charge is -2.31. The number of carbonyl (C=O) groups is 1. The number of likely N-dealkylation sites (tertiary alicyclic amines) is 2. The molecular formula is C19H20N4O2. The zero-order chi connectivity index (χ0) is 17.1. The number of benzene rings is 1. The molecule has 2 fully saturated rings. The Morgan fingerprint density at radius 2 is 2.16 bits per heavy atom. The Kier molecular flexibility index (Phi) is 3.06. The Labute approximate surface area is 145 Å². The number of carbonyl (C=O) groups excluding carboxylic acids is 1. The molecule has 25 heavy (non-hydrogen) atoms. The highest BCUT2D eigenvalue weighted by atomic mass is 16.3. The molecule has 128 valence electrons. The van der Waals surface area contributed by atoms with E-state index in [9.17, 15) is 4.79 Å². The number of aryl methyl sites for hydroxylation is 1. The first-order valence-corrected chi connectivity index (χ1v) is 8.65. The second kappa shape index (κ2) is 5.20. The van der Waals surface area contributed by atoms with E-state index in [1.165, 1.54) is 0 Å². The zero-order valence-corrected chi connectivity index (χ0v) is 14.3. The fraction of sp³-hybridized carbons (Fsp3) is 0.368. The van der Waals surface area contributed by atoms with Gasteiger partial charge in [0.1, 0.15) is 5.76 Å². The summed E-state index contributed by atoms with van der Waals surface area (Å²) in [6, 6.07) is 8.74. The minimum absolute atomic E-state index is 0.0356. The van der Waals surface area contributed by atoms with Crippen LogP contribution < -0.4 is 0 Å². The molecule has 1 aromatic carbocycles. The van der Waals surface area contributed by atoms with E-state index in [1.54, 1.807) is 6.26 Å². The van der Waals surface area contributed by atoms with Gasteiger partial charge in [0.2, 0.25) is 0 Å². The highest BCUT2D eigenvalue weighted by Gasteiger charge is 2.44. The lowest BCUT2D eigenvalue weighted by Crippen LogP contribution is -2.47. The number of aromatic amines is 1. The van der Waals surface area contributed by atoms with Crippen LogP contribution in [0.3, 0.4) is 0 Å². The highest BCUT2D eigenvalue weighted by Crippen LogP contribution is 2.32. The van der Waals surface area contributed by atoms with Crippen LogP contribution in [0.1, 0.15) is 22.5 Å². The number of amides is 1. The number of aromatic nitrogens is 2. The van der Waals surface area contributed by atoms with Gasteiger partial charge in [-0.05, 0) is 44.2 Å². The SMILES string of the molecule is Cc1coc(-c2ccc3c(C(=O)N4C[C@@H]5C[C@H]4CN5C)n[nH]c3c2)c1. The van der Waals surface area contributed by atoms with E-state index >= 15 is 0 Å². The van der Waals surface area contributed by atoms with E-state index in [1.807, 2.05) is 36.1 Å². The third kappa shape index (κ3) is 2.21. The normalized spacial score (nSPS) is 23.0. The number of H-pyrrole nitrogens is 1. The molecule has 0 aliphatic carbocycles. The van der Waals surface area contributed by atoms with Crippen molar-refractivity contribution in [2.75, 3.05) is 20.1 Å². The van der Waals surface area contributed by atoms with Crippen molar-refractivity contribution in [2.45, 2.75) is 25.4 Å². The van der Waals surface area contributed by atoms with Crippen LogP contribution in [-0.2, 0) is 0 Å². The van der Waals surface area contributed by atoms with Crippen LogP contribution in [0, 0.1) is 6.92 Å². The van der Waals surface area contributed by atoms with Crippen molar-refractivity contribution in [3.8, 4) is 11.3 Å². The number of fused-ring (bicyclic) bond motifs is 3. The van der Waals surface area contributed by atoms with Crippen molar-refractivity contribution in [2.24, 2.45) is 0 Å². The van der Waals surface area contributed by atoms with Crippen LogP contribution in [0.15, 0.2) is 34.9 Å². The summed E-state index contributed by atoms with van der Waals surface area (Å²) >= 11 is 0. The first-order valence-electron chi connectivity index (χ1n) is 8.65. The maximum atomic E-state index is 13.0. The van der Waals surface area contributed by atoms with Crippen LogP contribution in [0.5, 0.6) is 0 Å². The smallest absolute Gasteiger partial charge is 0.275 e. The van der Waals surface area contributed by atoms with Gasteiger partial charge in [0, 0.05) is 36.1 Å². The molecular weight excluding hydrogens is 316 g/mol. The molecule has 0 radical (unpaired) electrons. The number of hydrogen-bond acceptors (Lipinski definition) is 4. The molecule has 2 saturated heterocycles. The summed E-state index contributed by atoms with van der Waals surface area (Å²) in [6.07, 6.45) is 2.81. The fourth-order valence-electron chi connectivity index (χ4n) is 4.17. The average Bonchev–Trinajstić information content (AvgIpc) is 3.35. The van der Waals surface area contributed by atoms with Gasteiger partial charge in [-0.15, -0.1) is 0 Å². The monoisotopic (exact) mass is 336 g/mol. The molecule has 6 nitrogen and oxygen atoms in total. The van der Waals surface area contributed by atoms with Crippen molar-refractivity contribution in [3.05, 3.63) is 41.8 Å². The quantitative estimate of drug-likeness (QED) is 0.781. The second-order valence-corrected chi connectivity index (χ2v) is 7.26. The number of nitrogens with one attached hydrogen (secondary N) is 1. The molecule has 3 aromatic rings.